The molecule has 0 bridgehead atoms. The highest BCUT2D eigenvalue weighted by Crippen LogP contribution is 2.28. The number of unbranched alkanes of at least 4 members (excludes halogenated alkanes) is 2. The number of benzene rings is 1. The Morgan fingerprint density at radius 1 is 1.08 bits per heavy atom. The highest BCUT2D eigenvalue weighted by Gasteiger charge is 2.40. The van der Waals surface area contributed by atoms with Gasteiger partial charge in [-0.1, -0.05) is 70.7 Å². The Labute approximate surface area is 230 Å². The summed E-state index contributed by atoms with van der Waals surface area (Å²) in [5.41, 5.74) is 2.06. The van der Waals surface area contributed by atoms with Gasteiger partial charge in [-0.05, 0) is 50.2 Å². The van der Waals surface area contributed by atoms with Crippen LogP contribution < -0.4 is 5.32 Å². The van der Waals surface area contributed by atoms with Crippen LogP contribution in [0.4, 0.5) is 0 Å². The third-order valence-corrected chi connectivity index (χ3v) is 8.09. The number of ether oxygens (including phenoxy) is 2. The lowest BCUT2D eigenvalue weighted by Gasteiger charge is -2.35. The molecule has 1 aliphatic rings. The number of aliphatic hydroxyl groups excluding tert-OH is 1. The van der Waals surface area contributed by atoms with Gasteiger partial charge in [0.05, 0.1) is 42.7 Å². The fraction of sp³-hybridized carbons (Fsp3) is 0.742. The molecule has 1 saturated heterocycles. The topological polar surface area (TPSA) is 88.1 Å². The van der Waals surface area contributed by atoms with Crippen LogP contribution in [-0.4, -0.2) is 66.9 Å². The van der Waals surface area contributed by atoms with Gasteiger partial charge in [-0.25, -0.2) is 0 Å². The number of hydrogen-bond acceptors (Lipinski definition) is 5. The Hall–Kier alpha value is -1.96. The van der Waals surface area contributed by atoms with Crippen LogP contribution in [0.1, 0.15) is 96.8 Å². The summed E-state index contributed by atoms with van der Waals surface area (Å²) in [6, 6.07) is 7.48. The number of nitrogens with zero attached hydrogens (tertiary/aromatic N) is 1. The maximum absolute atomic E-state index is 13.2. The normalized spacial score (nSPS) is 20.4. The van der Waals surface area contributed by atoms with Gasteiger partial charge in [0.1, 0.15) is 0 Å². The van der Waals surface area contributed by atoms with E-state index in [9.17, 15) is 14.7 Å². The second kappa shape index (κ2) is 16.2. The molecule has 7 atom stereocenters. The molecule has 0 saturated carbocycles. The summed E-state index contributed by atoms with van der Waals surface area (Å²) in [4.78, 5) is 27.9. The number of carbonyl (C=O) groups is 2. The molecule has 1 aromatic rings. The van der Waals surface area contributed by atoms with E-state index >= 15 is 0 Å². The summed E-state index contributed by atoms with van der Waals surface area (Å²) >= 11 is 0. The van der Waals surface area contributed by atoms with Gasteiger partial charge in [0, 0.05) is 20.8 Å². The van der Waals surface area contributed by atoms with E-state index in [1.54, 1.807) is 14.2 Å². The fourth-order valence-electron chi connectivity index (χ4n) is 5.56. The molecular weight excluding hydrogens is 480 g/mol. The van der Waals surface area contributed by atoms with Crippen LogP contribution in [-0.2, 0) is 25.5 Å². The van der Waals surface area contributed by atoms with Crippen molar-refractivity contribution in [3.05, 3.63) is 35.4 Å². The smallest absolute Gasteiger partial charge is 0.225 e. The second-order valence-corrected chi connectivity index (χ2v) is 11.3. The molecule has 2 N–H and O–H groups in total. The molecule has 0 aromatic heterocycles. The Kier molecular flexibility index (Phi) is 13.8. The lowest BCUT2D eigenvalue weighted by Crippen LogP contribution is -2.51. The number of hydrogen-bond donors (Lipinski definition) is 2. The molecule has 0 radical (unpaired) electrons. The maximum Gasteiger partial charge on any atom is 0.225 e. The average molecular weight is 533 g/mol. The van der Waals surface area contributed by atoms with Gasteiger partial charge < -0.3 is 24.8 Å². The van der Waals surface area contributed by atoms with Crippen LogP contribution in [0.3, 0.4) is 0 Å². The number of rotatable bonds is 16. The van der Waals surface area contributed by atoms with E-state index < -0.39 is 24.2 Å². The zero-order chi connectivity index (χ0) is 28.2. The number of amides is 2. The third-order valence-electron chi connectivity index (χ3n) is 8.09. The van der Waals surface area contributed by atoms with E-state index in [1.165, 1.54) is 31.2 Å². The van der Waals surface area contributed by atoms with Crippen molar-refractivity contribution < 1.29 is 24.2 Å². The SMILES string of the molecule is CCCCCC(C)Cc1ccc([C@H](O)[C@@H](C)NC(=O)[C@H](C)[C@@H](OC)[C@@H]2CCCN2C(=O)C[C@H](C)OC)cc1. The molecule has 7 heteroatoms. The van der Waals surface area contributed by atoms with Crippen molar-refractivity contribution in [1.29, 1.82) is 0 Å². The lowest BCUT2D eigenvalue weighted by atomic mass is 9.93. The minimum atomic E-state index is -0.816. The van der Waals surface area contributed by atoms with Crippen molar-refractivity contribution in [2.75, 3.05) is 20.8 Å². The first-order valence-corrected chi connectivity index (χ1v) is 14.5. The molecule has 0 spiro atoms. The van der Waals surface area contributed by atoms with Gasteiger partial charge in [0.25, 0.3) is 0 Å². The average Bonchev–Trinajstić information content (AvgIpc) is 3.38. The molecule has 7 nitrogen and oxygen atoms in total. The first-order valence-electron chi connectivity index (χ1n) is 14.5. The van der Waals surface area contributed by atoms with Crippen LogP contribution in [0.25, 0.3) is 0 Å². The van der Waals surface area contributed by atoms with E-state index in [2.05, 4.69) is 31.3 Å². The summed E-state index contributed by atoms with van der Waals surface area (Å²) in [5.74, 6) is -0.00531. The predicted molar refractivity (Wildman–Crippen MR) is 152 cm³/mol. The van der Waals surface area contributed by atoms with Crippen LogP contribution >= 0.6 is 0 Å². The standard InChI is InChI=1S/C31H52N2O5/c1-8-9-10-12-21(2)19-25-14-16-26(17-15-25)29(35)24(5)32-31(36)23(4)30(38-7)27-13-11-18-33(27)28(34)20-22(3)37-6/h14-17,21-24,27,29-30,35H,8-13,18-20H2,1-7H3,(H,32,36)/t21?,22-,23+,24+,27-,29+,30+/m0/s1. The zero-order valence-electron chi connectivity index (χ0n) is 24.7. The minimum absolute atomic E-state index is 0.0269. The summed E-state index contributed by atoms with van der Waals surface area (Å²) < 4.78 is 11.0. The largest absolute Gasteiger partial charge is 0.386 e. The van der Waals surface area contributed by atoms with E-state index in [4.69, 9.17) is 9.47 Å². The Balaban J connectivity index is 1.95. The van der Waals surface area contributed by atoms with Crippen molar-refractivity contribution in [2.24, 2.45) is 11.8 Å². The minimum Gasteiger partial charge on any atom is -0.386 e. The fourth-order valence-corrected chi connectivity index (χ4v) is 5.56. The van der Waals surface area contributed by atoms with Gasteiger partial charge >= 0.3 is 0 Å². The van der Waals surface area contributed by atoms with Crippen LogP contribution in [0.2, 0.25) is 0 Å². The number of likely N-dealkylation sites (tertiary alicyclic amines) is 1. The first-order chi connectivity index (χ1) is 18.1. The summed E-state index contributed by atoms with van der Waals surface area (Å²) in [5, 5.41) is 13.9. The molecule has 2 amide bonds. The highest BCUT2D eigenvalue weighted by atomic mass is 16.5. The Morgan fingerprint density at radius 3 is 2.37 bits per heavy atom. The monoisotopic (exact) mass is 532 g/mol. The number of methoxy groups -OCH3 is 2. The van der Waals surface area contributed by atoms with Crippen molar-refractivity contribution in [3.63, 3.8) is 0 Å². The van der Waals surface area contributed by atoms with Gasteiger partial charge in [-0.3, -0.25) is 9.59 Å². The van der Waals surface area contributed by atoms with Crippen molar-refractivity contribution in [1.82, 2.24) is 10.2 Å². The van der Waals surface area contributed by atoms with Gasteiger partial charge in [0.15, 0.2) is 0 Å². The highest BCUT2D eigenvalue weighted by molar-refractivity contribution is 5.80. The van der Waals surface area contributed by atoms with Crippen LogP contribution in [0.15, 0.2) is 24.3 Å². The predicted octanol–water partition coefficient (Wildman–Crippen LogP) is 5.05. The molecular formula is C31H52N2O5. The van der Waals surface area contributed by atoms with E-state index in [-0.39, 0.29) is 24.0 Å². The van der Waals surface area contributed by atoms with E-state index in [1.807, 2.05) is 37.8 Å². The molecule has 38 heavy (non-hydrogen) atoms. The molecule has 1 heterocycles. The summed E-state index contributed by atoms with van der Waals surface area (Å²) in [7, 11) is 3.20. The second-order valence-electron chi connectivity index (χ2n) is 11.3. The molecule has 216 valence electrons. The van der Waals surface area contributed by atoms with Crippen LogP contribution in [0.5, 0.6) is 0 Å². The molecule has 0 aliphatic carbocycles. The molecule has 1 aromatic carbocycles. The van der Waals surface area contributed by atoms with Gasteiger partial charge in [-0.15, -0.1) is 0 Å². The molecule has 1 aliphatic heterocycles. The summed E-state index contributed by atoms with van der Waals surface area (Å²) in [6.45, 7) is 10.7. The number of carbonyl (C=O) groups excluding carboxylic acids is 2. The van der Waals surface area contributed by atoms with E-state index in [0.717, 1.165) is 24.8 Å². The van der Waals surface area contributed by atoms with Crippen molar-refractivity contribution in [2.45, 2.75) is 116 Å². The van der Waals surface area contributed by atoms with Gasteiger partial charge in [-0.2, -0.15) is 0 Å². The molecule has 1 unspecified atom stereocenters. The van der Waals surface area contributed by atoms with Gasteiger partial charge in [0.2, 0.25) is 11.8 Å². The van der Waals surface area contributed by atoms with Crippen molar-refractivity contribution >= 4 is 11.8 Å². The maximum atomic E-state index is 13.2. The summed E-state index contributed by atoms with van der Waals surface area (Å²) in [6.07, 6.45) is 6.66. The quantitative estimate of drug-likeness (QED) is 0.291. The Morgan fingerprint density at radius 2 is 1.76 bits per heavy atom. The number of aliphatic hydroxyl groups is 1. The zero-order valence-corrected chi connectivity index (χ0v) is 24.7. The number of nitrogens with one attached hydrogen (secondary N) is 1. The molecule has 1 fully saturated rings. The lowest BCUT2D eigenvalue weighted by molar-refractivity contribution is -0.141. The van der Waals surface area contributed by atoms with E-state index in [0.29, 0.717) is 18.9 Å². The van der Waals surface area contributed by atoms with Crippen LogP contribution in [0, 0.1) is 11.8 Å². The van der Waals surface area contributed by atoms with Crippen molar-refractivity contribution in [3.8, 4) is 0 Å². The molecule has 2 rings (SSSR count). The Bertz CT molecular complexity index is 845. The first kappa shape index (κ1) is 32.3. The third kappa shape index (κ3) is 9.35.